The molecule has 0 bridgehead atoms. The van der Waals surface area contributed by atoms with E-state index in [-0.39, 0.29) is 24.1 Å². The van der Waals surface area contributed by atoms with Crippen molar-refractivity contribution < 1.29 is 9.90 Å². The van der Waals surface area contributed by atoms with Crippen LogP contribution in [0.2, 0.25) is 0 Å². The van der Waals surface area contributed by atoms with Crippen molar-refractivity contribution in [1.29, 1.82) is 5.26 Å². The molecule has 192 valence electrons. The number of benzene rings is 1. The highest BCUT2D eigenvalue weighted by Crippen LogP contribution is 2.38. The fraction of sp³-hybridized carbons (Fsp3) is 0.429. The van der Waals surface area contributed by atoms with Gasteiger partial charge in [-0.25, -0.2) is 9.97 Å². The molecule has 0 radical (unpaired) electrons. The summed E-state index contributed by atoms with van der Waals surface area (Å²) in [6.07, 6.45) is 6.27. The van der Waals surface area contributed by atoms with E-state index in [0.29, 0.717) is 34.2 Å². The van der Waals surface area contributed by atoms with Gasteiger partial charge in [0.25, 0.3) is 5.91 Å². The Bertz CT molecular complexity index is 1310. The number of aliphatic hydroxyl groups excluding tert-OH is 1. The summed E-state index contributed by atoms with van der Waals surface area (Å²) in [5.74, 6) is 1.18. The zero-order valence-corrected chi connectivity index (χ0v) is 22.0. The van der Waals surface area contributed by atoms with Crippen LogP contribution in [0.3, 0.4) is 0 Å². The Kier molecular flexibility index (Phi) is 7.40. The number of pyridine rings is 1. The van der Waals surface area contributed by atoms with Crippen LogP contribution >= 0.6 is 11.3 Å². The van der Waals surface area contributed by atoms with E-state index in [2.05, 4.69) is 57.8 Å². The van der Waals surface area contributed by atoms with Crippen LogP contribution in [0, 0.1) is 25.2 Å². The third-order valence-corrected chi connectivity index (χ3v) is 8.20. The molecule has 2 fully saturated rings. The average Bonchev–Trinajstić information content (AvgIpc) is 3.57. The van der Waals surface area contributed by atoms with E-state index in [1.165, 1.54) is 28.7 Å². The van der Waals surface area contributed by atoms with Gasteiger partial charge in [0.15, 0.2) is 5.13 Å². The number of nitriles is 1. The first-order valence-corrected chi connectivity index (χ1v) is 13.7. The number of anilines is 3. The van der Waals surface area contributed by atoms with Crippen molar-refractivity contribution in [3.63, 3.8) is 0 Å². The van der Waals surface area contributed by atoms with Crippen LogP contribution in [0.1, 0.15) is 76.5 Å². The zero-order chi connectivity index (χ0) is 25.9. The third kappa shape index (κ3) is 5.60. The summed E-state index contributed by atoms with van der Waals surface area (Å²) in [5, 5.41) is 26.1. The largest absolute Gasteiger partial charge is 0.393 e. The maximum absolute atomic E-state index is 13.5. The highest BCUT2D eigenvalue weighted by Gasteiger charge is 2.30. The Morgan fingerprint density at radius 2 is 1.92 bits per heavy atom. The number of nitrogens with zero attached hydrogens (tertiary/aromatic N) is 4. The smallest absolute Gasteiger partial charge is 0.252 e. The molecule has 1 saturated carbocycles. The van der Waals surface area contributed by atoms with Crippen molar-refractivity contribution in [2.24, 2.45) is 0 Å². The Hall–Kier alpha value is -3.48. The van der Waals surface area contributed by atoms with E-state index < -0.39 is 0 Å². The molecule has 3 N–H and O–H groups in total. The second-order valence-corrected chi connectivity index (χ2v) is 11.0. The SMILES string of the molecule is Cc1ccc([C@@H]2CCCN2c2cc(C(=O)NC3CCC(O)CC3)c(C)c(Nc3ncc(C#N)s3)n2)cc1. The first-order valence-electron chi connectivity index (χ1n) is 12.9. The predicted octanol–water partition coefficient (Wildman–Crippen LogP) is 5.15. The number of rotatable bonds is 6. The Labute approximate surface area is 221 Å². The predicted molar refractivity (Wildman–Crippen MR) is 145 cm³/mol. The van der Waals surface area contributed by atoms with Crippen LogP contribution < -0.4 is 15.5 Å². The molecule has 2 aromatic heterocycles. The van der Waals surface area contributed by atoms with Crippen molar-refractivity contribution in [1.82, 2.24) is 15.3 Å². The fourth-order valence-corrected chi connectivity index (χ4v) is 5.86. The lowest BCUT2D eigenvalue weighted by Gasteiger charge is -2.29. The minimum atomic E-state index is -0.274. The summed E-state index contributed by atoms with van der Waals surface area (Å²) in [4.78, 5) is 25.6. The molecule has 2 aliphatic rings. The van der Waals surface area contributed by atoms with E-state index in [4.69, 9.17) is 4.98 Å². The van der Waals surface area contributed by atoms with Gasteiger partial charge in [-0.1, -0.05) is 41.2 Å². The van der Waals surface area contributed by atoms with Gasteiger partial charge in [-0.15, -0.1) is 0 Å². The lowest BCUT2D eigenvalue weighted by molar-refractivity contribution is 0.0867. The van der Waals surface area contributed by atoms with E-state index >= 15 is 0 Å². The second-order valence-electron chi connectivity index (χ2n) is 10.0. The minimum Gasteiger partial charge on any atom is -0.393 e. The molecule has 37 heavy (non-hydrogen) atoms. The second kappa shape index (κ2) is 10.9. The fourth-order valence-electron chi connectivity index (χ4n) is 5.24. The van der Waals surface area contributed by atoms with Crippen LogP contribution in [-0.4, -0.2) is 39.7 Å². The summed E-state index contributed by atoms with van der Waals surface area (Å²) < 4.78 is 0. The van der Waals surface area contributed by atoms with Gasteiger partial charge in [0.05, 0.1) is 18.3 Å². The summed E-state index contributed by atoms with van der Waals surface area (Å²) >= 11 is 1.26. The molecule has 8 nitrogen and oxygen atoms in total. The van der Waals surface area contributed by atoms with Gasteiger partial charge >= 0.3 is 0 Å². The van der Waals surface area contributed by atoms with Crippen molar-refractivity contribution in [3.8, 4) is 6.07 Å². The molecular formula is C28H32N6O2S. The van der Waals surface area contributed by atoms with Crippen molar-refractivity contribution >= 4 is 34.0 Å². The van der Waals surface area contributed by atoms with Gasteiger partial charge in [0.1, 0.15) is 22.6 Å². The summed E-state index contributed by atoms with van der Waals surface area (Å²) in [7, 11) is 0. The van der Waals surface area contributed by atoms with Gasteiger partial charge in [-0.05, 0) is 64.0 Å². The van der Waals surface area contributed by atoms with Gasteiger partial charge in [-0.2, -0.15) is 5.26 Å². The molecule has 1 aliphatic carbocycles. The molecule has 1 amide bonds. The number of nitrogens with one attached hydrogen (secondary N) is 2. The standard InChI is InChI=1S/C28H32N6O2S/c1-17-5-7-19(8-6-17)24-4-3-13-34(24)25-14-23(27(36)31-20-9-11-21(35)12-10-20)18(2)26(32-25)33-28-30-16-22(15-29)37-28/h5-8,14,16,20-21,24,35H,3-4,9-13H2,1-2H3,(H,31,36)(H,30,32,33)/t20?,21?,24-/m0/s1. The number of aromatic nitrogens is 2. The summed E-state index contributed by atoms with van der Waals surface area (Å²) in [6, 6.07) is 12.9. The Morgan fingerprint density at radius 1 is 1.16 bits per heavy atom. The molecule has 0 spiro atoms. The average molecular weight is 517 g/mol. The number of carbonyl (C=O) groups excluding carboxylic acids is 1. The van der Waals surface area contributed by atoms with Crippen LogP contribution in [-0.2, 0) is 0 Å². The number of carbonyl (C=O) groups is 1. The lowest BCUT2D eigenvalue weighted by Crippen LogP contribution is -2.39. The topological polar surface area (TPSA) is 114 Å². The molecule has 5 rings (SSSR count). The van der Waals surface area contributed by atoms with Gasteiger partial charge < -0.3 is 20.6 Å². The monoisotopic (exact) mass is 516 g/mol. The molecule has 3 heterocycles. The van der Waals surface area contributed by atoms with Gasteiger partial charge in [0, 0.05) is 23.7 Å². The maximum Gasteiger partial charge on any atom is 0.252 e. The Morgan fingerprint density at radius 3 is 2.62 bits per heavy atom. The molecule has 1 saturated heterocycles. The minimum absolute atomic E-state index is 0.0487. The summed E-state index contributed by atoms with van der Waals surface area (Å²) in [5.41, 5.74) is 3.77. The van der Waals surface area contributed by atoms with E-state index in [0.717, 1.165) is 43.6 Å². The maximum atomic E-state index is 13.5. The molecule has 1 aromatic carbocycles. The molecule has 0 unspecified atom stereocenters. The third-order valence-electron chi connectivity index (χ3n) is 7.39. The van der Waals surface area contributed by atoms with E-state index in [1.807, 2.05) is 13.0 Å². The zero-order valence-electron chi connectivity index (χ0n) is 21.2. The number of hydrogen-bond donors (Lipinski definition) is 3. The van der Waals surface area contributed by atoms with E-state index in [1.54, 1.807) is 0 Å². The number of amides is 1. The number of aliphatic hydroxyl groups is 1. The molecule has 9 heteroatoms. The number of hydrogen-bond acceptors (Lipinski definition) is 8. The summed E-state index contributed by atoms with van der Waals surface area (Å²) in [6.45, 7) is 4.83. The van der Waals surface area contributed by atoms with Crippen LogP contribution in [0.15, 0.2) is 36.5 Å². The first-order chi connectivity index (χ1) is 17.9. The van der Waals surface area contributed by atoms with Crippen molar-refractivity contribution in [2.75, 3.05) is 16.8 Å². The molecular weight excluding hydrogens is 484 g/mol. The lowest BCUT2D eigenvalue weighted by atomic mass is 9.93. The van der Waals surface area contributed by atoms with Crippen molar-refractivity contribution in [3.05, 3.63) is 63.7 Å². The molecule has 1 aliphatic heterocycles. The van der Waals surface area contributed by atoms with Crippen molar-refractivity contribution in [2.45, 2.75) is 70.6 Å². The highest BCUT2D eigenvalue weighted by atomic mass is 32.1. The molecule has 1 atom stereocenters. The highest BCUT2D eigenvalue weighted by molar-refractivity contribution is 7.16. The van der Waals surface area contributed by atoms with Gasteiger partial charge in [-0.3, -0.25) is 4.79 Å². The quantitative estimate of drug-likeness (QED) is 0.415. The van der Waals surface area contributed by atoms with Crippen LogP contribution in [0.5, 0.6) is 0 Å². The normalized spacial score (nSPS) is 21.5. The van der Waals surface area contributed by atoms with Crippen LogP contribution in [0.25, 0.3) is 0 Å². The Balaban J connectivity index is 1.49. The van der Waals surface area contributed by atoms with Crippen LogP contribution in [0.4, 0.5) is 16.8 Å². The first kappa shape index (κ1) is 25.2. The van der Waals surface area contributed by atoms with Gasteiger partial charge in [0.2, 0.25) is 0 Å². The molecule has 3 aromatic rings. The number of aryl methyl sites for hydroxylation is 1. The number of thiazole rings is 1. The van der Waals surface area contributed by atoms with E-state index in [9.17, 15) is 15.2 Å².